The Morgan fingerprint density at radius 3 is 2.41 bits per heavy atom. The summed E-state index contributed by atoms with van der Waals surface area (Å²) in [6.07, 6.45) is 1.48. The van der Waals surface area contributed by atoms with E-state index in [0.717, 1.165) is 5.56 Å². The van der Waals surface area contributed by atoms with Crippen molar-refractivity contribution in [3.63, 3.8) is 0 Å². The molecule has 0 saturated carbocycles. The van der Waals surface area contributed by atoms with Gasteiger partial charge >= 0.3 is 0 Å². The first kappa shape index (κ1) is 19.7. The van der Waals surface area contributed by atoms with Crippen LogP contribution >= 0.6 is 0 Å². The van der Waals surface area contributed by atoms with Crippen molar-refractivity contribution in [3.05, 3.63) is 71.3 Å². The molecule has 6 nitrogen and oxygen atoms in total. The number of ether oxygens (including phenoxy) is 1. The van der Waals surface area contributed by atoms with Gasteiger partial charge in [0, 0.05) is 7.05 Å². The monoisotopic (exact) mass is 363 g/mol. The Morgan fingerprint density at radius 2 is 1.81 bits per heavy atom. The molecule has 0 aliphatic rings. The molecule has 0 fully saturated rings. The predicted octanol–water partition coefficient (Wildman–Crippen LogP) is 2.60. The second-order valence-electron chi connectivity index (χ2n) is 5.81. The molecule has 1 atom stereocenters. The normalized spacial score (nSPS) is 11.8. The van der Waals surface area contributed by atoms with Gasteiger partial charge in [0.15, 0.2) is 6.61 Å². The summed E-state index contributed by atoms with van der Waals surface area (Å²) in [5, 5.41) is 14.3. The Kier molecular flexibility index (Phi) is 7.15. The summed E-state index contributed by atoms with van der Waals surface area (Å²) in [5.41, 5.74) is 1.72. The number of amides is 2. The zero-order valence-corrected chi connectivity index (χ0v) is 15.2. The summed E-state index contributed by atoms with van der Waals surface area (Å²) in [7, 11) is 1.47. The standard InChI is InChI=1S/C21H21N3O3/c1-15(17-6-4-3-5-7-17)24-20(25)14-27-19-10-8-16(9-11-19)12-18(13-22)21(26)23-2/h3-12,15H,14H2,1-2H3,(H,23,26)(H,24,25)/b18-12+/t15-/m0/s1. The summed E-state index contributed by atoms with van der Waals surface area (Å²) in [5.74, 6) is -0.142. The highest BCUT2D eigenvalue weighted by Gasteiger charge is 2.10. The van der Waals surface area contributed by atoms with Crippen molar-refractivity contribution in [1.82, 2.24) is 10.6 Å². The maximum absolute atomic E-state index is 12.0. The molecule has 2 rings (SSSR count). The SMILES string of the molecule is CNC(=O)/C(C#N)=C/c1ccc(OCC(=O)N[C@@H](C)c2ccccc2)cc1. The van der Waals surface area contributed by atoms with Crippen molar-refractivity contribution < 1.29 is 14.3 Å². The lowest BCUT2D eigenvalue weighted by Crippen LogP contribution is -2.31. The maximum atomic E-state index is 12.0. The van der Waals surface area contributed by atoms with Crippen molar-refractivity contribution in [3.8, 4) is 11.8 Å². The molecule has 2 N–H and O–H groups in total. The third-order valence-electron chi connectivity index (χ3n) is 3.83. The summed E-state index contributed by atoms with van der Waals surface area (Å²) >= 11 is 0. The predicted molar refractivity (Wildman–Crippen MR) is 103 cm³/mol. The van der Waals surface area contributed by atoms with E-state index in [-0.39, 0.29) is 24.1 Å². The van der Waals surface area contributed by atoms with Gasteiger partial charge in [-0.1, -0.05) is 42.5 Å². The van der Waals surface area contributed by atoms with Crippen LogP contribution in [-0.2, 0) is 9.59 Å². The molecule has 0 bridgehead atoms. The highest BCUT2D eigenvalue weighted by molar-refractivity contribution is 6.01. The molecule has 0 heterocycles. The third-order valence-corrected chi connectivity index (χ3v) is 3.83. The minimum absolute atomic E-state index is 0.0143. The summed E-state index contributed by atoms with van der Waals surface area (Å²) in [6.45, 7) is 1.81. The average molecular weight is 363 g/mol. The Bertz CT molecular complexity index is 852. The number of nitrogens with zero attached hydrogens (tertiary/aromatic N) is 1. The molecule has 27 heavy (non-hydrogen) atoms. The lowest BCUT2D eigenvalue weighted by Gasteiger charge is -2.14. The second kappa shape index (κ2) is 9.78. The number of likely N-dealkylation sites (N-methyl/N-ethyl adjacent to an activating group) is 1. The first-order valence-corrected chi connectivity index (χ1v) is 8.44. The van der Waals surface area contributed by atoms with Gasteiger partial charge in [-0.15, -0.1) is 0 Å². The molecule has 2 amide bonds. The number of benzene rings is 2. The minimum atomic E-state index is -0.443. The van der Waals surface area contributed by atoms with E-state index < -0.39 is 5.91 Å². The van der Waals surface area contributed by atoms with Crippen LogP contribution in [0.3, 0.4) is 0 Å². The quantitative estimate of drug-likeness (QED) is 0.584. The van der Waals surface area contributed by atoms with Crippen LogP contribution in [0.2, 0.25) is 0 Å². The summed E-state index contributed by atoms with van der Waals surface area (Å²) in [4.78, 5) is 23.5. The van der Waals surface area contributed by atoms with Crippen LogP contribution in [0.4, 0.5) is 0 Å². The minimum Gasteiger partial charge on any atom is -0.484 e. The molecular formula is C21H21N3O3. The van der Waals surface area contributed by atoms with Gasteiger partial charge in [0.25, 0.3) is 11.8 Å². The number of carbonyl (C=O) groups is 2. The van der Waals surface area contributed by atoms with Crippen LogP contribution < -0.4 is 15.4 Å². The lowest BCUT2D eigenvalue weighted by molar-refractivity contribution is -0.123. The van der Waals surface area contributed by atoms with Crippen LogP contribution in [-0.4, -0.2) is 25.5 Å². The fraction of sp³-hybridized carbons (Fsp3) is 0.190. The number of hydrogen-bond acceptors (Lipinski definition) is 4. The molecule has 0 saturated heterocycles. The van der Waals surface area contributed by atoms with Crippen molar-refractivity contribution in [2.45, 2.75) is 13.0 Å². The van der Waals surface area contributed by atoms with E-state index in [1.165, 1.54) is 13.1 Å². The van der Waals surface area contributed by atoms with Crippen LogP contribution in [0.25, 0.3) is 6.08 Å². The Labute approximate surface area is 158 Å². The molecule has 0 aliphatic carbocycles. The maximum Gasteiger partial charge on any atom is 0.261 e. The van der Waals surface area contributed by atoms with E-state index in [4.69, 9.17) is 10.00 Å². The zero-order chi connectivity index (χ0) is 19.6. The fourth-order valence-corrected chi connectivity index (χ4v) is 2.37. The number of carbonyl (C=O) groups excluding carboxylic acids is 2. The van der Waals surface area contributed by atoms with Crippen molar-refractivity contribution in [2.24, 2.45) is 0 Å². The van der Waals surface area contributed by atoms with Gasteiger partial charge in [0.1, 0.15) is 17.4 Å². The van der Waals surface area contributed by atoms with Gasteiger partial charge in [-0.05, 0) is 36.3 Å². The van der Waals surface area contributed by atoms with Crippen molar-refractivity contribution >= 4 is 17.9 Å². The lowest BCUT2D eigenvalue weighted by atomic mass is 10.1. The molecule has 0 aromatic heterocycles. The van der Waals surface area contributed by atoms with E-state index in [1.807, 2.05) is 43.3 Å². The summed E-state index contributed by atoms with van der Waals surface area (Å²) < 4.78 is 5.48. The smallest absolute Gasteiger partial charge is 0.261 e. The Balaban J connectivity index is 1.89. The zero-order valence-electron chi connectivity index (χ0n) is 15.2. The number of hydrogen-bond donors (Lipinski definition) is 2. The Hall–Kier alpha value is -3.59. The molecule has 0 radical (unpaired) electrons. The molecule has 0 aliphatic heterocycles. The largest absolute Gasteiger partial charge is 0.484 e. The molecule has 2 aromatic carbocycles. The van der Waals surface area contributed by atoms with Gasteiger partial charge in [0.2, 0.25) is 0 Å². The first-order valence-electron chi connectivity index (χ1n) is 8.44. The second-order valence-corrected chi connectivity index (χ2v) is 5.81. The highest BCUT2D eigenvalue weighted by atomic mass is 16.5. The third kappa shape index (κ3) is 6.01. The van der Waals surface area contributed by atoms with Crippen LogP contribution in [0.5, 0.6) is 5.75 Å². The van der Waals surface area contributed by atoms with Gasteiger partial charge < -0.3 is 15.4 Å². The van der Waals surface area contributed by atoms with E-state index >= 15 is 0 Å². The van der Waals surface area contributed by atoms with Gasteiger partial charge in [-0.3, -0.25) is 9.59 Å². The van der Waals surface area contributed by atoms with Gasteiger partial charge in [0.05, 0.1) is 6.04 Å². The van der Waals surface area contributed by atoms with Crippen LogP contribution in [0, 0.1) is 11.3 Å². The number of rotatable bonds is 7. The first-order chi connectivity index (χ1) is 13.0. The fourth-order valence-electron chi connectivity index (χ4n) is 2.37. The molecule has 6 heteroatoms. The molecule has 138 valence electrons. The van der Waals surface area contributed by atoms with Gasteiger partial charge in [-0.2, -0.15) is 5.26 Å². The Morgan fingerprint density at radius 1 is 1.15 bits per heavy atom. The van der Waals surface area contributed by atoms with E-state index in [2.05, 4.69) is 10.6 Å². The van der Waals surface area contributed by atoms with Crippen molar-refractivity contribution in [2.75, 3.05) is 13.7 Å². The number of nitrogens with one attached hydrogen (secondary N) is 2. The highest BCUT2D eigenvalue weighted by Crippen LogP contribution is 2.15. The molecule has 0 spiro atoms. The number of nitriles is 1. The molecule has 2 aromatic rings. The molecule has 0 unspecified atom stereocenters. The topological polar surface area (TPSA) is 91.2 Å². The van der Waals surface area contributed by atoms with Crippen molar-refractivity contribution in [1.29, 1.82) is 5.26 Å². The summed E-state index contributed by atoms with van der Waals surface area (Å²) in [6, 6.07) is 18.2. The van der Waals surface area contributed by atoms with E-state index in [1.54, 1.807) is 24.3 Å². The van der Waals surface area contributed by atoms with Gasteiger partial charge in [-0.25, -0.2) is 0 Å². The van der Waals surface area contributed by atoms with Crippen LogP contribution in [0.15, 0.2) is 60.2 Å². The molecular weight excluding hydrogens is 342 g/mol. The van der Waals surface area contributed by atoms with Crippen LogP contribution in [0.1, 0.15) is 24.1 Å². The average Bonchev–Trinajstić information content (AvgIpc) is 2.71. The van der Waals surface area contributed by atoms with E-state index in [9.17, 15) is 9.59 Å². The van der Waals surface area contributed by atoms with E-state index in [0.29, 0.717) is 11.3 Å².